The highest BCUT2D eigenvalue weighted by atomic mass is 32.1. The van der Waals surface area contributed by atoms with Crippen LogP contribution in [0, 0.1) is 13.8 Å². The number of thiocarbonyl (C=S) groups is 1. The van der Waals surface area contributed by atoms with Crippen LogP contribution in [0.5, 0.6) is 0 Å². The van der Waals surface area contributed by atoms with Crippen molar-refractivity contribution in [1.82, 2.24) is 4.98 Å². The van der Waals surface area contributed by atoms with Crippen LogP contribution in [0.25, 0.3) is 0 Å². The first-order valence-electron chi connectivity index (χ1n) is 6.71. The van der Waals surface area contributed by atoms with E-state index in [1.165, 1.54) is 11.3 Å². The van der Waals surface area contributed by atoms with Crippen molar-refractivity contribution in [1.29, 1.82) is 0 Å². The van der Waals surface area contributed by atoms with Crippen molar-refractivity contribution >= 4 is 28.7 Å². The molecule has 0 bridgehead atoms. The SMILES string of the molecule is Cc1cc(C)c(C(N)=S)c(N2CCc3ccccc32)n1. The fourth-order valence-electron chi connectivity index (χ4n) is 2.88. The molecule has 3 nitrogen and oxygen atoms in total. The molecule has 2 aromatic rings. The number of rotatable bonds is 2. The molecule has 2 heterocycles. The van der Waals surface area contributed by atoms with E-state index < -0.39 is 0 Å². The number of nitrogens with two attached hydrogens (primary N) is 1. The van der Waals surface area contributed by atoms with Gasteiger partial charge in [0.05, 0.1) is 5.56 Å². The van der Waals surface area contributed by atoms with Crippen LogP contribution in [0.2, 0.25) is 0 Å². The van der Waals surface area contributed by atoms with Gasteiger partial charge in [-0.05, 0) is 43.5 Å². The molecule has 0 spiro atoms. The first kappa shape index (κ1) is 13.1. The molecule has 1 aromatic heterocycles. The van der Waals surface area contributed by atoms with Gasteiger partial charge in [0, 0.05) is 17.9 Å². The summed E-state index contributed by atoms with van der Waals surface area (Å²) in [7, 11) is 0. The third-order valence-electron chi connectivity index (χ3n) is 3.71. The second-order valence-electron chi connectivity index (χ2n) is 5.17. The Kier molecular flexibility index (Phi) is 3.18. The molecule has 0 amide bonds. The van der Waals surface area contributed by atoms with Crippen molar-refractivity contribution < 1.29 is 0 Å². The maximum Gasteiger partial charge on any atom is 0.143 e. The van der Waals surface area contributed by atoms with Crippen LogP contribution >= 0.6 is 12.2 Å². The van der Waals surface area contributed by atoms with Crippen LogP contribution in [0.15, 0.2) is 30.3 Å². The summed E-state index contributed by atoms with van der Waals surface area (Å²) in [6.45, 7) is 4.96. The van der Waals surface area contributed by atoms with E-state index in [1.54, 1.807) is 0 Å². The Balaban J connectivity index is 2.19. The zero-order valence-electron chi connectivity index (χ0n) is 11.7. The summed E-state index contributed by atoms with van der Waals surface area (Å²) in [4.78, 5) is 7.33. The number of aromatic nitrogens is 1. The number of fused-ring (bicyclic) bond motifs is 1. The van der Waals surface area contributed by atoms with Gasteiger partial charge >= 0.3 is 0 Å². The highest BCUT2D eigenvalue weighted by Crippen LogP contribution is 2.36. The predicted molar refractivity (Wildman–Crippen MR) is 86.8 cm³/mol. The zero-order valence-corrected chi connectivity index (χ0v) is 12.5. The highest BCUT2D eigenvalue weighted by molar-refractivity contribution is 7.80. The fourth-order valence-corrected chi connectivity index (χ4v) is 3.13. The molecule has 0 aliphatic carbocycles. The highest BCUT2D eigenvalue weighted by Gasteiger charge is 2.24. The number of anilines is 2. The largest absolute Gasteiger partial charge is 0.389 e. The molecule has 102 valence electrons. The average molecular weight is 283 g/mol. The quantitative estimate of drug-likeness (QED) is 0.860. The number of hydrogen-bond acceptors (Lipinski definition) is 3. The van der Waals surface area contributed by atoms with Gasteiger partial charge in [-0.15, -0.1) is 0 Å². The van der Waals surface area contributed by atoms with E-state index in [0.717, 1.165) is 35.6 Å². The average Bonchev–Trinajstić information content (AvgIpc) is 2.80. The normalized spacial score (nSPS) is 13.4. The molecule has 1 aliphatic rings. The van der Waals surface area contributed by atoms with E-state index in [-0.39, 0.29) is 0 Å². The van der Waals surface area contributed by atoms with Gasteiger partial charge in [0.15, 0.2) is 0 Å². The van der Waals surface area contributed by atoms with Gasteiger partial charge in [-0.25, -0.2) is 4.98 Å². The van der Waals surface area contributed by atoms with Crippen molar-refractivity contribution in [3.8, 4) is 0 Å². The summed E-state index contributed by atoms with van der Waals surface area (Å²) in [5, 5.41) is 0. The van der Waals surface area contributed by atoms with Crippen LogP contribution in [0.3, 0.4) is 0 Å². The maximum absolute atomic E-state index is 5.92. The first-order chi connectivity index (χ1) is 9.58. The topological polar surface area (TPSA) is 42.1 Å². The van der Waals surface area contributed by atoms with E-state index in [2.05, 4.69) is 29.2 Å². The zero-order chi connectivity index (χ0) is 14.3. The molecule has 1 aliphatic heterocycles. The number of hydrogen-bond donors (Lipinski definition) is 1. The lowest BCUT2D eigenvalue weighted by Crippen LogP contribution is -2.22. The molecule has 0 fully saturated rings. The lowest BCUT2D eigenvalue weighted by atomic mass is 10.1. The van der Waals surface area contributed by atoms with Gasteiger partial charge in [0.2, 0.25) is 0 Å². The van der Waals surface area contributed by atoms with Crippen molar-refractivity contribution in [2.24, 2.45) is 5.73 Å². The summed E-state index contributed by atoms with van der Waals surface area (Å²) in [6, 6.07) is 10.5. The molecule has 3 rings (SSSR count). The van der Waals surface area contributed by atoms with Crippen molar-refractivity contribution in [3.05, 3.63) is 52.7 Å². The second-order valence-corrected chi connectivity index (χ2v) is 5.61. The molecule has 0 atom stereocenters. The Morgan fingerprint density at radius 3 is 2.80 bits per heavy atom. The Bertz CT molecular complexity index is 694. The van der Waals surface area contributed by atoms with Crippen molar-refractivity contribution in [2.75, 3.05) is 11.4 Å². The van der Waals surface area contributed by atoms with Gasteiger partial charge in [0.1, 0.15) is 10.8 Å². The summed E-state index contributed by atoms with van der Waals surface area (Å²) in [5.41, 5.74) is 11.4. The van der Waals surface area contributed by atoms with Crippen LogP contribution in [-0.2, 0) is 6.42 Å². The van der Waals surface area contributed by atoms with Crippen LogP contribution in [0.1, 0.15) is 22.4 Å². The molecule has 0 saturated heterocycles. The minimum atomic E-state index is 0.411. The molecule has 20 heavy (non-hydrogen) atoms. The Morgan fingerprint density at radius 1 is 1.30 bits per heavy atom. The third-order valence-corrected chi connectivity index (χ3v) is 3.92. The Morgan fingerprint density at radius 2 is 2.05 bits per heavy atom. The summed E-state index contributed by atoms with van der Waals surface area (Å²) >= 11 is 5.23. The van der Waals surface area contributed by atoms with Gasteiger partial charge in [-0.3, -0.25) is 0 Å². The molecule has 2 N–H and O–H groups in total. The molecule has 4 heteroatoms. The van der Waals surface area contributed by atoms with E-state index >= 15 is 0 Å². The van der Waals surface area contributed by atoms with Crippen LogP contribution < -0.4 is 10.6 Å². The summed E-state index contributed by atoms with van der Waals surface area (Å²) in [6.07, 6.45) is 1.03. The standard InChI is InChI=1S/C16H17N3S/c1-10-9-11(2)18-16(14(10)15(17)20)19-8-7-12-5-3-4-6-13(12)19/h3-6,9H,7-8H2,1-2H3,(H2,17,20). The van der Waals surface area contributed by atoms with Gasteiger partial charge < -0.3 is 10.6 Å². The minimum absolute atomic E-state index is 0.411. The molecule has 0 radical (unpaired) electrons. The van der Waals surface area contributed by atoms with E-state index in [9.17, 15) is 0 Å². The minimum Gasteiger partial charge on any atom is -0.389 e. The van der Waals surface area contributed by atoms with Gasteiger partial charge in [-0.2, -0.15) is 0 Å². The summed E-state index contributed by atoms with van der Waals surface area (Å²) in [5.74, 6) is 0.889. The number of pyridine rings is 1. The van der Waals surface area contributed by atoms with E-state index in [1.807, 2.05) is 19.9 Å². The number of benzene rings is 1. The number of nitrogens with zero attached hydrogens (tertiary/aromatic N) is 2. The molecular weight excluding hydrogens is 266 g/mol. The molecular formula is C16H17N3S. The lowest BCUT2D eigenvalue weighted by Gasteiger charge is -2.23. The van der Waals surface area contributed by atoms with Crippen molar-refractivity contribution in [2.45, 2.75) is 20.3 Å². The molecule has 1 aromatic carbocycles. The third kappa shape index (κ3) is 2.06. The van der Waals surface area contributed by atoms with Gasteiger partial charge in [-0.1, -0.05) is 30.4 Å². The Hall–Kier alpha value is -1.94. The predicted octanol–water partition coefficient (Wildman–Crippen LogP) is 3.03. The van der Waals surface area contributed by atoms with Crippen molar-refractivity contribution in [3.63, 3.8) is 0 Å². The number of aryl methyl sites for hydroxylation is 2. The fraction of sp³-hybridized carbons (Fsp3) is 0.250. The van der Waals surface area contributed by atoms with E-state index in [4.69, 9.17) is 22.9 Å². The monoisotopic (exact) mass is 283 g/mol. The molecule has 0 saturated carbocycles. The Labute approximate surface area is 124 Å². The van der Waals surface area contributed by atoms with E-state index in [0.29, 0.717) is 4.99 Å². The smallest absolute Gasteiger partial charge is 0.143 e. The van der Waals surface area contributed by atoms with Crippen LogP contribution in [-0.4, -0.2) is 16.5 Å². The first-order valence-corrected chi connectivity index (χ1v) is 7.12. The lowest BCUT2D eigenvalue weighted by molar-refractivity contribution is 0.961. The number of para-hydroxylation sites is 1. The molecule has 0 unspecified atom stereocenters. The van der Waals surface area contributed by atoms with Crippen LogP contribution in [0.4, 0.5) is 11.5 Å². The maximum atomic E-state index is 5.92. The second kappa shape index (κ2) is 4.87. The van der Waals surface area contributed by atoms with Gasteiger partial charge in [0.25, 0.3) is 0 Å². The summed E-state index contributed by atoms with van der Waals surface area (Å²) < 4.78 is 0.